The Morgan fingerprint density at radius 1 is 1.43 bits per heavy atom. The van der Waals surface area contributed by atoms with Gasteiger partial charge in [-0.05, 0) is 31.0 Å². The zero-order valence-corrected chi connectivity index (χ0v) is 12.2. The number of rotatable bonds is 4. The third kappa shape index (κ3) is 2.98. The molecule has 21 heavy (non-hydrogen) atoms. The maximum atomic E-state index is 11.9. The third-order valence-electron chi connectivity index (χ3n) is 3.47. The number of aliphatic hydroxyl groups is 1. The van der Waals surface area contributed by atoms with Crippen molar-refractivity contribution < 1.29 is 19.4 Å². The fraction of sp³-hybridized carbons (Fsp3) is 0.429. The molecule has 2 heterocycles. The first-order valence-electron chi connectivity index (χ1n) is 6.83. The lowest BCUT2D eigenvalue weighted by Gasteiger charge is -2.19. The summed E-state index contributed by atoms with van der Waals surface area (Å²) in [6.45, 7) is 0.564. The minimum absolute atomic E-state index is 0.0329. The highest BCUT2D eigenvalue weighted by atomic mass is 32.2. The van der Waals surface area contributed by atoms with E-state index in [0.717, 1.165) is 10.6 Å². The number of fused-ring (bicyclic) bond motifs is 1. The molecule has 2 amide bonds. The van der Waals surface area contributed by atoms with Gasteiger partial charge in [0.25, 0.3) is 0 Å². The Morgan fingerprint density at radius 3 is 3.10 bits per heavy atom. The zero-order valence-electron chi connectivity index (χ0n) is 11.4. The first kappa shape index (κ1) is 14.2. The number of benzene rings is 1. The Bertz CT molecular complexity index is 578. The number of cyclic esters (lactones) is 1. The maximum absolute atomic E-state index is 11.9. The molecule has 2 aliphatic heterocycles. The molecule has 6 nitrogen and oxygen atoms in total. The summed E-state index contributed by atoms with van der Waals surface area (Å²) in [5.41, 5.74) is 1.45. The normalized spacial score (nSPS) is 21.0. The maximum Gasteiger partial charge on any atom is 0.414 e. The Hall–Kier alpha value is -1.73. The molecule has 0 radical (unpaired) electrons. The highest BCUT2D eigenvalue weighted by Gasteiger charge is 2.32. The van der Waals surface area contributed by atoms with Gasteiger partial charge < -0.3 is 15.2 Å². The first-order valence-corrected chi connectivity index (χ1v) is 7.81. The Kier molecular flexibility index (Phi) is 4.03. The molecule has 112 valence electrons. The number of carbonyl (C=O) groups excluding carboxylic acids is 2. The molecule has 0 spiro atoms. The van der Waals surface area contributed by atoms with Crippen LogP contribution in [0, 0.1) is 0 Å². The molecule has 0 saturated carbocycles. The van der Waals surface area contributed by atoms with Crippen LogP contribution >= 0.6 is 11.8 Å². The molecule has 0 unspecified atom stereocenters. The van der Waals surface area contributed by atoms with Gasteiger partial charge in [0.05, 0.1) is 18.0 Å². The number of ether oxygens (including phenoxy) is 1. The van der Waals surface area contributed by atoms with Crippen LogP contribution in [0.25, 0.3) is 0 Å². The van der Waals surface area contributed by atoms with E-state index in [9.17, 15) is 9.59 Å². The van der Waals surface area contributed by atoms with Gasteiger partial charge in [-0.3, -0.25) is 9.69 Å². The lowest BCUT2D eigenvalue weighted by atomic mass is 10.2. The van der Waals surface area contributed by atoms with E-state index >= 15 is 0 Å². The highest BCUT2D eigenvalue weighted by Crippen LogP contribution is 2.35. The van der Waals surface area contributed by atoms with Crippen molar-refractivity contribution >= 4 is 35.1 Å². The predicted molar refractivity (Wildman–Crippen MR) is 79.7 cm³/mol. The Labute approximate surface area is 126 Å². The third-order valence-corrected chi connectivity index (χ3v) is 4.54. The molecular formula is C14H16N2O4S. The van der Waals surface area contributed by atoms with E-state index in [1.54, 1.807) is 11.0 Å². The van der Waals surface area contributed by atoms with Crippen molar-refractivity contribution in [3.63, 3.8) is 0 Å². The van der Waals surface area contributed by atoms with Gasteiger partial charge in [-0.1, -0.05) is 0 Å². The molecule has 1 saturated heterocycles. The van der Waals surface area contributed by atoms with Gasteiger partial charge in [-0.2, -0.15) is 0 Å². The summed E-state index contributed by atoms with van der Waals surface area (Å²) in [6.07, 6.45) is 0.691. The Morgan fingerprint density at radius 2 is 2.29 bits per heavy atom. The average molecular weight is 308 g/mol. The van der Waals surface area contributed by atoms with Gasteiger partial charge in [-0.25, -0.2) is 4.79 Å². The van der Waals surface area contributed by atoms with Crippen molar-refractivity contribution in [2.75, 3.05) is 29.1 Å². The van der Waals surface area contributed by atoms with Crippen LogP contribution in [0.3, 0.4) is 0 Å². The Balaban J connectivity index is 1.76. The number of thioether (sulfide) groups is 1. The molecule has 1 aromatic carbocycles. The minimum Gasteiger partial charge on any atom is -0.444 e. The van der Waals surface area contributed by atoms with Crippen LogP contribution < -0.4 is 10.2 Å². The molecular weight excluding hydrogens is 292 g/mol. The lowest BCUT2D eigenvalue weighted by Crippen LogP contribution is -2.25. The quantitative estimate of drug-likeness (QED) is 0.887. The summed E-state index contributed by atoms with van der Waals surface area (Å²) in [4.78, 5) is 25.9. The van der Waals surface area contributed by atoms with E-state index in [4.69, 9.17) is 9.84 Å². The van der Waals surface area contributed by atoms with Crippen molar-refractivity contribution in [2.45, 2.75) is 23.8 Å². The van der Waals surface area contributed by atoms with Crippen LogP contribution in [0.15, 0.2) is 23.1 Å². The van der Waals surface area contributed by atoms with Crippen molar-refractivity contribution in [2.24, 2.45) is 0 Å². The van der Waals surface area contributed by atoms with Gasteiger partial charge in [0.1, 0.15) is 6.10 Å². The van der Waals surface area contributed by atoms with E-state index in [1.807, 2.05) is 12.1 Å². The topological polar surface area (TPSA) is 78.9 Å². The van der Waals surface area contributed by atoms with Crippen LogP contribution in [0.1, 0.15) is 12.8 Å². The van der Waals surface area contributed by atoms with E-state index in [2.05, 4.69) is 5.32 Å². The van der Waals surface area contributed by atoms with Crippen molar-refractivity contribution in [1.82, 2.24) is 0 Å². The number of anilines is 2. The van der Waals surface area contributed by atoms with Gasteiger partial charge in [0.2, 0.25) is 5.91 Å². The molecule has 3 rings (SSSR count). The van der Waals surface area contributed by atoms with Gasteiger partial charge in [0.15, 0.2) is 0 Å². The van der Waals surface area contributed by atoms with Crippen LogP contribution in [0.4, 0.5) is 16.2 Å². The SMILES string of the molecule is O=C1CSc2ccc(N3C[C@@H](CCCO)OC3=O)cc2N1. The van der Waals surface area contributed by atoms with E-state index < -0.39 is 0 Å². The molecule has 1 fully saturated rings. The first-order chi connectivity index (χ1) is 10.2. The summed E-state index contributed by atoms with van der Waals surface area (Å²) in [5, 5.41) is 11.6. The smallest absolute Gasteiger partial charge is 0.414 e. The summed E-state index contributed by atoms with van der Waals surface area (Å²) in [7, 11) is 0. The van der Waals surface area contributed by atoms with Crippen LogP contribution in [-0.2, 0) is 9.53 Å². The fourth-order valence-electron chi connectivity index (χ4n) is 2.44. The highest BCUT2D eigenvalue weighted by molar-refractivity contribution is 8.00. The van der Waals surface area contributed by atoms with Gasteiger partial charge in [0, 0.05) is 17.2 Å². The fourth-order valence-corrected chi connectivity index (χ4v) is 3.23. The van der Waals surface area contributed by atoms with Crippen molar-refractivity contribution in [3.8, 4) is 0 Å². The summed E-state index contributed by atoms with van der Waals surface area (Å²) >= 11 is 1.49. The molecule has 1 atom stereocenters. The molecule has 0 aromatic heterocycles. The monoisotopic (exact) mass is 308 g/mol. The zero-order chi connectivity index (χ0) is 14.8. The number of hydrogen-bond donors (Lipinski definition) is 2. The lowest BCUT2D eigenvalue weighted by molar-refractivity contribution is -0.113. The van der Waals surface area contributed by atoms with Crippen molar-refractivity contribution in [1.29, 1.82) is 0 Å². The second-order valence-electron chi connectivity index (χ2n) is 5.00. The minimum atomic E-state index is -0.382. The second-order valence-corrected chi connectivity index (χ2v) is 6.02. The average Bonchev–Trinajstić information content (AvgIpc) is 2.85. The molecule has 0 aliphatic carbocycles. The van der Waals surface area contributed by atoms with Crippen LogP contribution in [-0.4, -0.2) is 42.1 Å². The number of hydrogen-bond acceptors (Lipinski definition) is 5. The predicted octanol–water partition coefficient (Wildman–Crippen LogP) is 1.83. The number of carbonyl (C=O) groups is 2. The van der Waals surface area contributed by atoms with E-state index in [0.29, 0.717) is 30.8 Å². The summed E-state index contributed by atoms with van der Waals surface area (Å²) in [5.74, 6) is 0.385. The molecule has 7 heteroatoms. The molecule has 0 bridgehead atoms. The second kappa shape index (κ2) is 5.95. The standard InChI is InChI=1S/C14H16N2O4S/c17-5-1-2-10-7-16(14(19)20-10)9-3-4-12-11(6-9)15-13(18)8-21-12/h3-4,6,10,17H,1-2,5,7-8H2,(H,15,18)/t10-/m1/s1. The van der Waals surface area contributed by atoms with Crippen LogP contribution in [0.5, 0.6) is 0 Å². The van der Waals surface area contributed by atoms with Crippen molar-refractivity contribution in [3.05, 3.63) is 18.2 Å². The number of amides is 2. The number of aliphatic hydroxyl groups excluding tert-OH is 1. The number of nitrogens with zero attached hydrogens (tertiary/aromatic N) is 1. The largest absolute Gasteiger partial charge is 0.444 e. The van der Waals surface area contributed by atoms with Gasteiger partial charge >= 0.3 is 6.09 Å². The van der Waals surface area contributed by atoms with E-state index in [1.165, 1.54) is 11.8 Å². The summed E-state index contributed by atoms with van der Waals surface area (Å²) < 4.78 is 5.28. The molecule has 2 N–H and O–H groups in total. The number of nitrogens with one attached hydrogen (secondary N) is 1. The van der Waals surface area contributed by atoms with Crippen LogP contribution in [0.2, 0.25) is 0 Å². The summed E-state index contributed by atoms with van der Waals surface area (Å²) in [6, 6.07) is 5.57. The van der Waals surface area contributed by atoms with E-state index in [-0.39, 0.29) is 24.7 Å². The molecule has 2 aliphatic rings. The molecule has 1 aromatic rings. The van der Waals surface area contributed by atoms with Gasteiger partial charge in [-0.15, -0.1) is 11.8 Å².